The number of ketones is 1. The Morgan fingerprint density at radius 3 is 2.46 bits per heavy atom. The molecule has 0 spiro atoms. The fraction of sp³-hybridized carbons (Fsp3) is 0.250. The topological polar surface area (TPSA) is 63.2 Å². The molecular formula is C8H7N3O2. The largest absolute Gasteiger partial charge is 0.302 e. The van der Waals surface area contributed by atoms with E-state index in [-0.39, 0.29) is 24.7 Å². The van der Waals surface area contributed by atoms with Crippen LogP contribution in [-0.4, -0.2) is 28.2 Å². The van der Waals surface area contributed by atoms with Crippen LogP contribution in [0.3, 0.4) is 0 Å². The molecular weight excluding hydrogens is 170 g/mol. The van der Waals surface area contributed by atoms with Gasteiger partial charge in [0.1, 0.15) is 6.33 Å². The Hall–Kier alpha value is -1.78. The Labute approximate surface area is 74.4 Å². The lowest BCUT2D eigenvalue weighted by Gasteiger charge is -2.12. The van der Waals surface area contributed by atoms with Gasteiger partial charge in [0.25, 0.3) is 0 Å². The smallest absolute Gasteiger partial charge is 0.235 e. The third kappa shape index (κ3) is 1.40. The number of Topliss-reactive ketones (excluding diaryl/α,β-unsaturated/α-hetero) is 1. The predicted molar refractivity (Wildman–Crippen MR) is 44.0 cm³/mol. The molecule has 0 bridgehead atoms. The van der Waals surface area contributed by atoms with Crippen molar-refractivity contribution in [3.63, 3.8) is 0 Å². The van der Waals surface area contributed by atoms with Crippen LogP contribution in [0.25, 0.3) is 0 Å². The van der Waals surface area contributed by atoms with Crippen LogP contribution in [0.4, 0.5) is 5.69 Å². The van der Waals surface area contributed by atoms with E-state index >= 15 is 0 Å². The fourth-order valence-electron chi connectivity index (χ4n) is 1.25. The van der Waals surface area contributed by atoms with Gasteiger partial charge in [0.2, 0.25) is 5.91 Å². The van der Waals surface area contributed by atoms with Crippen LogP contribution in [-0.2, 0) is 9.59 Å². The summed E-state index contributed by atoms with van der Waals surface area (Å²) in [5.41, 5.74) is 0.582. The molecule has 2 rings (SSSR count). The number of nitrogens with zero attached hydrogens (tertiary/aromatic N) is 3. The number of anilines is 1. The second-order valence-electron chi connectivity index (χ2n) is 2.79. The van der Waals surface area contributed by atoms with Gasteiger partial charge in [-0.25, -0.2) is 9.97 Å². The highest BCUT2D eigenvalue weighted by Gasteiger charge is 2.28. The zero-order valence-corrected chi connectivity index (χ0v) is 6.80. The maximum atomic E-state index is 11.2. The van der Waals surface area contributed by atoms with Crippen molar-refractivity contribution in [1.82, 2.24) is 9.97 Å². The van der Waals surface area contributed by atoms with Gasteiger partial charge in [-0.2, -0.15) is 0 Å². The van der Waals surface area contributed by atoms with E-state index in [0.29, 0.717) is 5.69 Å². The summed E-state index contributed by atoms with van der Waals surface area (Å²) in [6.45, 7) is 0.145. The molecule has 13 heavy (non-hydrogen) atoms. The lowest BCUT2D eigenvalue weighted by Crippen LogP contribution is -2.24. The zero-order valence-electron chi connectivity index (χ0n) is 6.80. The number of rotatable bonds is 1. The minimum atomic E-state index is -0.181. The van der Waals surface area contributed by atoms with Crippen LogP contribution in [0.1, 0.15) is 6.42 Å². The highest BCUT2D eigenvalue weighted by atomic mass is 16.2. The van der Waals surface area contributed by atoms with Crippen LogP contribution < -0.4 is 4.90 Å². The van der Waals surface area contributed by atoms with E-state index in [2.05, 4.69) is 9.97 Å². The number of amides is 1. The summed E-state index contributed by atoms with van der Waals surface area (Å²) >= 11 is 0. The molecule has 1 aromatic rings. The maximum Gasteiger partial charge on any atom is 0.235 e. The van der Waals surface area contributed by atoms with Crippen LogP contribution in [0, 0.1) is 0 Å². The average Bonchev–Trinajstić information content (AvgIpc) is 2.47. The molecule has 5 nitrogen and oxygen atoms in total. The van der Waals surface area contributed by atoms with Gasteiger partial charge in [-0.05, 0) is 0 Å². The summed E-state index contributed by atoms with van der Waals surface area (Å²) in [4.78, 5) is 31.1. The van der Waals surface area contributed by atoms with Gasteiger partial charge >= 0.3 is 0 Å². The van der Waals surface area contributed by atoms with Gasteiger partial charge in [0.05, 0.1) is 31.0 Å². The second-order valence-corrected chi connectivity index (χ2v) is 2.79. The number of carbonyl (C=O) groups is 2. The summed E-state index contributed by atoms with van der Waals surface area (Å²) < 4.78 is 0. The Kier molecular flexibility index (Phi) is 1.77. The first-order valence-electron chi connectivity index (χ1n) is 3.84. The van der Waals surface area contributed by atoms with Gasteiger partial charge in [-0.1, -0.05) is 0 Å². The third-order valence-electron chi connectivity index (χ3n) is 1.84. The Morgan fingerprint density at radius 2 is 1.92 bits per heavy atom. The fourth-order valence-corrected chi connectivity index (χ4v) is 1.25. The lowest BCUT2D eigenvalue weighted by atomic mass is 10.3. The number of hydrogen-bond donors (Lipinski definition) is 0. The Morgan fingerprint density at radius 1 is 1.23 bits per heavy atom. The molecule has 0 radical (unpaired) electrons. The van der Waals surface area contributed by atoms with Gasteiger partial charge in [-0.3, -0.25) is 9.59 Å². The highest BCUT2D eigenvalue weighted by molar-refractivity contribution is 6.14. The van der Waals surface area contributed by atoms with Crippen molar-refractivity contribution < 1.29 is 9.59 Å². The van der Waals surface area contributed by atoms with Gasteiger partial charge < -0.3 is 4.90 Å². The molecule has 1 amide bonds. The molecule has 0 N–H and O–H groups in total. The van der Waals surface area contributed by atoms with Crippen molar-refractivity contribution in [3.05, 3.63) is 18.7 Å². The minimum Gasteiger partial charge on any atom is -0.302 e. The van der Waals surface area contributed by atoms with Crippen molar-refractivity contribution >= 4 is 17.4 Å². The molecule has 0 aromatic carbocycles. The zero-order chi connectivity index (χ0) is 9.26. The Bertz CT molecular complexity index is 350. The summed E-state index contributed by atoms with van der Waals surface area (Å²) in [5.74, 6) is -0.242. The molecule has 0 unspecified atom stereocenters. The number of aromatic nitrogens is 2. The summed E-state index contributed by atoms with van der Waals surface area (Å²) in [6, 6.07) is 0. The third-order valence-corrected chi connectivity index (χ3v) is 1.84. The maximum absolute atomic E-state index is 11.2. The van der Waals surface area contributed by atoms with Crippen LogP contribution in [0.15, 0.2) is 18.7 Å². The van der Waals surface area contributed by atoms with Crippen LogP contribution in [0.5, 0.6) is 0 Å². The standard InChI is InChI=1S/C8H7N3O2/c12-7-1-8(13)11(4-7)6-2-9-5-10-3-6/h2-3,5H,1,4H2. The lowest BCUT2D eigenvalue weighted by molar-refractivity contribution is -0.121. The summed E-state index contributed by atoms with van der Waals surface area (Å²) in [7, 11) is 0. The molecule has 1 saturated heterocycles. The van der Waals surface area contributed by atoms with E-state index in [0.717, 1.165) is 0 Å². The van der Waals surface area contributed by atoms with E-state index in [1.54, 1.807) is 0 Å². The van der Waals surface area contributed by atoms with Crippen molar-refractivity contribution in [2.45, 2.75) is 6.42 Å². The van der Waals surface area contributed by atoms with E-state index < -0.39 is 0 Å². The monoisotopic (exact) mass is 177 g/mol. The first-order chi connectivity index (χ1) is 6.27. The van der Waals surface area contributed by atoms with Crippen LogP contribution in [0.2, 0.25) is 0 Å². The summed E-state index contributed by atoms with van der Waals surface area (Å²) in [6.07, 6.45) is 4.41. The molecule has 1 aliphatic rings. The minimum absolute atomic E-state index is 0.00507. The first-order valence-corrected chi connectivity index (χ1v) is 3.84. The van der Waals surface area contributed by atoms with Crippen molar-refractivity contribution in [1.29, 1.82) is 0 Å². The van der Waals surface area contributed by atoms with Crippen molar-refractivity contribution in [2.24, 2.45) is 0 Å². The molecule has 2 heterocycles. The average molecular weight is 177 g/mol. The first kappa shape index (κ1) is 7.85. The SMILES string of the molecule is O=C1CC(=O)N(c2cncnc2)C1. The molecule has 0 saturated carbocycles. The molecule has 0 aliphatic carbocycles. The van der Waals surface area contributed by atoms with Crippen molar-refractivity contribution in [2.75, 3.05) is 11.4 Å². The summed E-state index contributed by atoms with van der Waals surface area (Å²) in [5, 5.41) is 0. The van der Waals surface area contributed by atoms with E-state index in [1.807, 2.05) is 0 Å². The van der Waals surface area contributed by atoms with Gasteiger partial charge in [-0.15, -0.1) is 0 Å². The Balaban J connectivity index is 2.28. The molecule has 1 aliphatic heterocycles. The normalized spacial score (nSPS) is 16.8. The molecule has 0 atom stereocenters. The van der Waals surface area contributed by atoms with Crippen LogP contribution >= 0.6 is 0 Å². The van der Waals surface area contributed by atoms with E-state index in [1.165, 1.54) is 23.6 Å². The van der Waals surface area contributed by atoms with E-state index in [9.17, 15) is 9.59 Å². The predicted octanol–water partition coefficient (Wildman–Crippen LogP) is -0.218. The second kappa shape index (κ2) is 2.93. The van der Waals surface area contributed by atoms with Gasteiger partial charge in [0.15, 0.2) is 5.78 Å². The molecule has 66 valence electrons. The molecule has 1 aromatic heterocycles. The molecule has 1 fully saturated rings. The van der Waals surface area contributed by atoms with Gasteiger partial charge in [0, 0.05) is 0 Å². The number of hydrogen-bond acceptors (Lipinski definition) is 4. The van der Waals surface area contributed by atoms with E-state index in [4.69, 9.17) is 0 Å². The molecule has 5 heteroatoms. The highest BCUT2D eigenvalue weighted by Crippen LogP contribution is 2.16. The quantitative estimate of drug-likeness (QED) is 0.556. The van der Waals surface area contributed by atoms with Crippen molar-refractivity contribution in [3.8, 4) is 0 Å². The number of carbonyl (C=O) groups excluding carboxylic acids is 2.